The topological polar surface area (TPSA) is 114 Å². The monoisotopic (exact) mass is 462 g/mol. The largest absolute Gasteiger partial charge is 0.415 e. The van der Waals surface area contributed by atoms with E-state index in [2.05, 4.69) is 25.5 Å². The summed E-state index contributed by atoms with van der Waals surface area (Å²) in [6.07, 6.45) is 1.65. The Labute approximate surface area is 191 Å². The summed E-state index contributed by atoms with van der Waals surface area (Å²) in [5, 5.41) is 11.4. The summed E-state index contributed by atoms with van der Waals surface area (Å²) < 4.78 is 33.1. The quantitative estimate of drug-likeness (QED) is 0.482. The number of aromatic nitrogens is 4. The van der Waals surface area contributed by atoms with Crippen molar-refractivity contribution in [1.29, 1.82) is 0 Å². The van der Waals surface area contributed by atoms with E-state index < -0.39 is 10.0 Å². The van der Waals surface area contributed by atoms with Gasteiger partial charge in [-0.15, -0.1) is 10.2 Å². The predicted octanol–water partition coefficient (Wildman–Crippen LogP) is 2.76. The number of nitrogens with zero attached hydrogens (tertiary/aromatic N) is 5. The first-order valence-corrected chi connectivity index (χ1v) is 12.0. The fourth-order valence-electron chi connectivity index (χ4n) is 3.64. The standard InChI is InChI=1S/C23H22N6O3S/c1-16-21(23-28-27-22(32-23)18-5-3-2-4-6-18)26-20(15-25-16)17-7-9-19(10-8-17)33(30,31)29-13-11-24-12-14-29/h2-10,15,24H,11-14H2,1H3. The van der Waals surface area contributed by atoms with E-state index in [1.54, 1.807) is 30.5 Å². The highest BCUT2D eigenvalue weighted by atomic mass is 32.2. The van der Waals surface area contributed by atoms with Crippen molar-refractivity contribution in [2.24, 2.45) is 0 Å². The van der Waals surface area contributed by atoms with Crippen molar-refractivity contribution in [2.45, 2.75) is 11.8 Å². The minimum absolute atomic E-state index is 0.262. The van der Waals surface area contributed by atoms with Crippen LogP contribution < -0.4 is 5.32 Å². The Kier molecular flexibility index (Phi) is 5.71. The van der Waals surface area contributed by atoms with Gasteiger partial charge in [0, 0.05) is 37.3 Å². The van der Waals surface area contributed by atoms with Crippen molar-refractivity contribution in [3.63, 3.8) is 0 Å². The Bertz CT molecular complexity index is 1370. The average molecular weight is 463 g/mol. The van der Waals surface area contributed by atoms with Crippen molar-refractivity contribution in [1.82, 2.24) is 29.8 Å². The zero-order valence-electron chi connectivity index (χ0n) is 18.0. The third kappa shape index (κ3) is 4.28. The smallest absolute Gasteiger partial charge is 0.268 e. The van der Waals surface area contributed by atoms with Crippen LogP contribution in [0, 0.1) is 6.92 Å². The van der Waals surface area contributed by atoms with Gasteiger partial charge in [0.15, 0.2) is 0 Å². The molecule has 5 rings (SSSR count). The van der Waals surface area contributed by atoms with Gasteiger partial charge in [-0.2, -0.15) is 4.31 Å². The number of sulfonamides is 1. The highest BCUT2D eigenvalue weighted by Gasteiger charge is 2.25. The van der Waals surface area contributed by atoms with E-state index >= 15 is 0 Å². The Balaban J connectivity index is 1.43. The molecule has 1 aliphatic rings. The second kappa shape index (κ2) is 8.81. The first-order valence-electron chi connectivity index (χ1n) is 10.6. The van der Waals surface area contributed by atoms with Crippen LogP contribution in [0.25, 0.3) is 34.3 Å². The van der Waals surface area contributed by atoms with Crippen molar-refractivity contribution < 1.29 is 12.8 Å². The van der Waals surface area contributed by atoms with Gasteiger partial charge in [0.1, 0.15) is 5.69 Å². The molecule has 2 aromatic heterocycles. The molecule has 0 bridgehead atoms. The fourth-order valence-corrected chi connectivity index (χ4v) is 5.08. The first kappa shape index (κ1) is 21.4. The van der Waals surface area contributed by atoms with E-state index in [-0.39, 0.29) is 10.8 Å². The maximum Gasteiger partial charge on any atom is 0.268 e. The van der Waals surface area contributed by atoms with Crippen LogP contribution in [0.2, 0.25) is 0 Å². The van der Waals surface area contributed by atoms with Gasteiger partial charge in [0.25, 0.3) is 5.89 Å². The number of hydrogen-bond acceptors (Lipinski definition) is 8. The summed E-state index contributed by atoms with van der Waals surface area (Å²) >= 11 is 0. The molecular weight excluding hydrogens is 440 g/mol. The molecule has 0 amide bonds. The van der Waals surface area contributed by atoms with Gasteiger partial charge in [-0.3, -0.25) is 4.98 Å². The number of hydrogen-bond donors (Lipinski definition) is 1. The molecule has 10 heteroatoms. The van der Waals surface area contributed by atoms with Gasteiger partial charge >= 0.3 is 0 Å². The van der Waals surface area contributed by atoms with Gasteiger partial charge in [-0.1, -0.05) is 30.3 Å². The van der Waals surface area contributed by atoms with E-state index in [9.17, 15) is 8.42 Å². The van der Waals surface area contributed by atoms with Gasteiger partial charge in [0.2, 0.25) is 15.9 Å². The molecule has 0 unspecified atom stereocenters. The first-order chi connectivity index (χ1) is 16.0. The van der Waals surface area contributed by atoms with Crippen molar-refractivity contribution in [2.75, 3.05) is 26.2 Å². The molecule has 168 valence electrons. The maximum absolute atomic E-state index is 12.9. The molecule has 0 atom stereocenters. The molecule has 0 radical (unpaired) electrons. The zero-order valence-corrected chi connectivity index (χ0v) is 18.8. The van der Waals surface area contributed by atoms with Gasteiger partial charge in [0.05, 0.1) is 22.5 Å². The van der Waals surface area contributed by atoms with E-state index in [0.717, 1.165) is 11.1 Å². The second-order valence-corrected chi connectivity index (χ2v) is 9.58. The molecule has 0 spiro atoms. The predicted molar refractivity (Wildman–Crippen MR) is 123 cm³/mol. The van der Waals surface area contributed by atoms with E-state index in [4.69, 9.17) is 4.42 Å². The molecule has 33 heavy (non-hydrogen) atoms. The molecule has 1 N–H and O–H groups in total. The lowest BCUT2D eigenvalue weighted by Gasteiger charge is -2.26. The van der Waals surface area contributed by atoms with Crippen LogP contribution in [0.1, 0.15) is 5.69 Å². The average Bonchev–Trinajstić information content (AvgIpc) is 3.36. The lowest BCUT2D eigenvalue weighted by Crippen LogP contribution is -2.46. The number of benzene rings is 2. The number of piperazine rings is 1. The van der Waals surface area contributed by atoms with Gasteiger partial charge in [-0.05, 0) is 31.2 Å². The molecule has 0 saturated carbocycles. The molecule has 1 aliphatic heterocycles. The third-order valence-electron chi connectivity index (χ3n) is 5.47. The highest BCUT2D eigenvalue weighted by molar-refractivity contribution is 7.89. The summed E-state index contributed by atoms with van der Waals surface area (Å²) in [7, 11) is -3.52. The SMILES string of the molecule is Cc1ncc(-c2ccc(S(=O)(=O)N3CCNCC3)cc2)nc1-c1nnc(-c2ccccc2)o1. The number of nitrogens with one attached hydrogen (secondary N) is 1. The van der Waals surface area contributed by atoms with Crippen molar-refractivity contribution in [3.05, 3.63) is 66.5 Å². The summed E-state index contributed by atoms with van der Waals surface area (Å²) in [5.41, 5.74) is 3.28. The van der Waals surface area contributed by atoms with E-state index in [1.165, 1.54) is 4.31 Å². The lowest BCUT2D eigenvalue weighted by atomic mass is 10.1. The molecule has 1 fully saturated rings. The van der Waals surface area contributed by atoms with Crippen LogP contribution >= 0.6 is 0 Å². The van der Waals surface area contributed by atoms with Gasteiger partial charge < -0.3 is 9.73 Å². The second-order valence-electron chi connectivity index (χ2n) is 7.65. The fraction of sp³-hybridized carbons (Fsp3) is 0.217. The van der Waals surface area contributed by atoms with Crippen molar-refractivity contribution in [3.8, 4) is 34.3 Å². The lowest BCUT2D eigenvalue weighted by molar-refractivity contribution is 0.360. The molecule has 2 aromatic carbocycles. The molecule has 9 nitrogen and oxygen atoms in total. The minimum atomic E-state index is -3.52. The minimum Gasteiger partial charge on any atom is -0.415 e. The summed E-state index contributed by atoms with van der Waals surface area (Å²) in [6.45, 7) is 4.06. The Morgan fingerprint density at radius 2 is 1.61 bits per heavy atom. The highest BCUT2D eigenvalue weighted by Crippen LogP contribution is 2.27. The maximum atomic E-state index is 12.9. The zero-order chi connectivity index (χ0) is 22.8. The summed E-state index contributed by atoms with van der Waals surface area (Å²) in [6, 6.07) is 16.2. The van der Waals surface area contributed by atoms with Gasteiger partial charge in [-0.25, -0.2) is 13.4 Å². The normalized spacial score (nSPS) is 14.9. The molecule has 4 aromatic rings. The number of rotatable bonds is 5. The molecular formula is C23H22N6O3S. The van der Waals surface area contributed by atoms with E-state index in [0.29, 0.717) is 49.2 Å². The van der Waals surface area contributed by atoms with Crippen molar-refractivity contribution >= 4 is 10.0 Å². The summed E-state index contributed by atoms with van der Waals surface area (Å²) in [5.74, 6) is 0.679. The molecule has 0 aliphatic carbocycles. The molecule has 3 heterocycles. The Morgan fingerprint density at radius 1 is 0.909 bits per heavy atom. The van der Waals surface area contributed by atoms with Crippen LogP contribution in [0.3, 0.4) is 0 Å². The van der Waals surface area contributed by atoms with Crippen LogP contribution in [-0.2, 0) is 10.0 Å². The summed E-state index contributed by atoms with van der Waals surface area (Å²) in [4.78, 5) is 9.37. The van der Waals surface area contributed by atoms with E-state index in [1.807, 2.05) is 37.3 Å². The van der Waals surface area contributed by atoms with Crippen LogP contribution in [-0.4, -0.2) is 59.1 Å². The van der Waals surface area contributed by atoms with Crippen LogP contribution in [0.5, 0.6) is 0 Å². The Morgan fingerprint density at radius 3 is 2.33 bits per heavy atom. The number of aryl methyl sites for hydroxylation is 1. The Hall–Kier alpha value is -3.47. The van der Waals surface area contributed by atoms with Crippen LogP contribution in [0.4, 0.5) is 0 Å². The molecule has 1 saturated heterocycles. The van der Waals surface area contributed by atoms with Crippen LogP contribution in [0.15, 0.2) is 70.1 Å². The third-order valence-corrected chi connectivity index (χ3v) is 7.38.